The van der Waals surface area contributed by atoms with Gasteiger partial charge >= 0.3 is 0 Å². The summed E-state index contributed by atoms with van der Waals surface area (Å²) in [5.41, 5.74) is 2.60. The van der Waals surface area contributed by atoms with Crippen LogP contribution in [0.1, 0.15) is 24.0 Å². The van der Waals surface area contributed by atoms with E-state index in [-0.39, 0.29) is 5.41 Å². The number of nitriles is 1. The summed E-state index contributed by atoms with van der Waals surface area (Å²) in [6.45, 7) is 3.95. The molecular weight excluding hydrogens is 196 g/mol. The van der Waals surface area contributed by atoms with Crippen molar-refractivity contribution in [2.75, 3.05) is 13.6 Å². The molecule has 0 aromatic heterocycles. The van der Waals surface area contributed by atoms with Crippen LogP contribution in [0, 0.1) is 23.7 Å². The molecule has 1 saturated carbocycles. The van der Waals surface area contributed by atoms with Crippen molar-refractivity contribution in [1.82, 2.24) is 4.90 Å². The monoisotopic (exact) mass is 214 g/mol. The second kappa shape index (κ2) is 4.27. The van der Waals surface area contributed by atoms with Crippen LogP contribution in [0.25, 0.3) is 0 Å². The van der Waals surface area contributed by atoms with Crippen LogP contribution in [-0.4, -0.2) is 18.5 Å². The number of rotatable bonds is 4. The van der Waals surface area contributed by atoms with Crippen LogP contribution in [0.5, 0.6) is 0 Å². The third-order valence-corrected chi connectivity index (χ3v) is 3.20. The van der Waals surface area contributed by atoms with Gasteiger partial charge in [0.2, 0.25) is 0 Å². The molecule has 0 unspecified atom stereocenters. The van der Waals surface area contributed by atoms with Crippen LogP contribution in [-0.2, 0) is 6.54 Å². The van der Waals surface area contributed by atoms with Gasteiger partial charge in [0.25, 0.3) is 0 Å². The minimum Gasteiger partial charge on any atom is -0.301 e. The van der Waals surface area contributed by atoms with Crippen molar-refractivity contribution in [2.45, 2.75) is 26.3 Å². The van der Waals surface area contributed by atoms with Crippen LogP contribution >= 0.6 is 0 Å². The summed E-state index contributed by atoms with van der Waals surface area (Å²) in [7, 11) is 2.10. The summed E-state index contributed by atoms with van der Waals surface area (Å²) >= 11 is 0. The van der Waals surface area contributed by atoms with E-state index in [1.165, 1.54) is 11.1 Å². The van der Waals surface area contributed by atoms with Gasteiger partial charge in [-0.05, 0) is 32.4 Å². The van der Waals surface area contributed by atoms with Crippen molar-refractivity contribution in [3.05, 3.63) is 35.4 Å². The number of nitrogens with zero attached hydrogens (tertiary/aromatic N) is 2. The lowest BCUT2D eigenvalue weighted by molar-refractivity contribution is 0.286. The SMILES string of the molecule is Cc1cccc(CN(C)CC2(C#N)CC2)c1. The molecule has 0 spiro atoms. The second-order valence-corrected chi connectivity index (χ2v) is 5.05. The molecule has 0 bridgehead atoms. The van der Waals surface area contributed by atoms with E-state index in [0.717, 1.165) is 25.9 Å². The minimum atomic E-state index is -0.0292. The Kier molecular flexibility index (Phi) is 2.98. The standard InChI is InChI=1S/C14H18N2/c1-12-4-3-5-13(8-12)9-16(2)11-14(10-15)6-7-14/h3-5,8H,6-7,9,11H2,1-2H3. The van der Waals surface area contributed by atoms with Crippen LogP contribution < -0.4 is 0 Å². The van der Waals surface area contributed by atoms with Crippen molar-refractivity contribution in [1.29, 1.82) is 5.26 Å². The van der Waals surface area contributed by atoms with Gasteiger partial charge in [-0.1, -0.05) is 29.8 Å². The van der Waals surface area contributed by atoms with Gasteiger partial charge in [-0.25, -0.2) is 0 Å². The van der Waals surface area contributed by atoms with E-state index < -0.39 is 0 Å². The average Bonchev–Trinajstić information content (AvgIpc) is 2.98. The zero-order valence-electron chi connectivity index (χ0n) is 10.0. The van der Waals surface area contributed by atoms with Gasteiger partial charge in [-0.2, -0.15) is 5.26 Å². The summed E-state index contributed by atoms with van der Waals surface area (Å²) < 4.78 is 0. The van der Waals surface area contributed by atoms with Gasteiger partial charge in [0.1, 0.15) is 0 Å². The Morgan fingerprint density at radius 1 is 1.44 bits per heavy atom. The molecule has 2 nitrogen and oxygen atoms in total. The number of hydrogen-bond donors (Lipinski definition) is 0. The summed E-state index contributed by atoms with van der Waals surface area (Å²) in [4.78, 5) is 2.25. The Bertz CT molecular complexity index is 413. The molecule has 1 fully saturated rings. The van der Waals surface area contributed by atoms with Gasteiger partial charge in [-0.15, -0.1) is 0 Å². The number of aryl methyl sites for hydroxylation is 1. The van der Waals surface area contributed by atoms with E-state index in [4.69, 9.17) is 5.26 Å². The van der Waals surface area contributed by atoms with Crippen LogP contribution in [0.3, 0.4) is 0 Å². The molecule has 0 saturated heterocycles. The Labute approximate surface area is 97.5 Å². The van der Waals surface area contributed by atoms with Crippen LogP contribution in [0.15, 0.2) is 24.3 Å². The molecule has 0 atom stereocenters. The minimum absolute atomic E-state index is 0.0292. The van der Waals surface area contributed by atoms with Gasteiger partial charge in [-0.3, -0.25) is 0 Å². The molecule has 2 rings (SSSR count). The van der Waals surface area contributed by atoms with Gasteiger partial charge < -0.3 is 4.90 Å². The largest absolute Gasteiger partial charge is 0.301 e. The first-order valence-corrected chi connectivity index (χ1v) is 5.79. The van der Waals surface area contributed by atoms with Crippen LogP contribution in [0.4, 0.5) is 0 Å². The maximum Gasteiger partial charge on any atom is 0.0703 e. The average molecular weight is 214 g/mol. The summed E-state index contributed by atoms with van der Waals surface area (Å²) in [6, 6.07) is 11.0. The van der Waals surface area contributed by atoms with E-state index in [1.54, 1.807) is 0 Å². The zero-order chi connectivity index (χ0) is 11.6. The van der Waals surface area contributed by atoms with Crippen LogP contribution in [0.2, 0.25) is 0 Å². The van der Waals surface area contributed by atoms with E-state index in [2.05, 4.69) is 49.2 Å². The molecule has 0 aliphatic heterocycles. The smallest absolute Gasteiger partial charge is 0.0703 e. The van der Waals surface area contributed by atoms with Crippen molar-refractivity contribution in [2.24, 2.45) is 5.41 Å². The summed E-state index contributed by atoms with van der Waals surface area (Å²) in [5.74, 6) is 0. The fourth-order valence-electron chi connectivity index (χ4n) is 2.15. The third kappa shape index (κ3) is 2.62. The Hall–Kier alpha value is -1.33. The summed E-state index contributed by atoms with van der Waals surface area (Å²) in [5, 5.41) is 9.04. The topological polar surface area (TPSA) is 27.0 Å². The van der Waals surface area contributed by atoms with Crippen molar-refractivity contribution in [3.63, 3.8) is 0 Å². The highest BCUT2D eigenvalue weighted by molar-refractivity contribution is 5.22. The quantitative estimate of drug-likeness (QED) is 0.770. The molecule has 16 heavy (non-hydrogen) atoms. The lowest BCUT2D eigenvalue weighted by Crippen LogP contribution is -2.25. The molecule has 0 heterocycles. The first kappa shape index (κ1) is 11.2. The first-order valence-electron chi connectivity index (χ1n) is 5.79. The molecule has 1 aliphatic carbocycles. The Morgan fingerprint density at radius 2 is 2.19 bits per heavy atom. The van der Waals surface area contributed by atoms with E-state index >= 15 is 0 Å². The van der Waals surface area contributed by atoms with Crippen molar-refractivity contribution >= 4 is 0 Å². The van der Waals surface area contributed by atoms with Gasteiger partial charge in [0.05, 0.1) is 11.5 Å². The molecule has 0 radical (unpaired) electrons. The maximum atomic E-state index is 9.04. The molecule has 0 amide bonds. The second-order valence-electron chi connectivity index (χ2n) is 5.05. The van der Waals surface area contributed by atoms with Crippen molar-refractivity contribution in [3.8, 4) is 6.07 Å². The van der Waals surface area contributed by atoms with E-state index in [1.807, 2.05) is 0 Å². The lowest BCUT2D eigenvalue weighted by Gasteiger charge is -2.19. The fourth-order valence-corrected chi connectivity index (χ4v) is 2.15. The van der Waals surface area contributed by atoms with Crippen molar-refractivity contribution < 1.29 is 0 Å². The Morgan fingerprint density at radius 3 is 2.75 bits per heavy atom. The number of hydrogen-bond acceptors (Lipinski definition) is 2. The number of benzene rings is 1. The maximum absolute atomic E-state index is 9.04. The zero-order valence-corrected chi connectivity index (χ0v) is 10.0. The third-order valence-electron chi connectivity index (χ3n) is 3.20. The molecule has 0 N–H and O–H groups in total. The van der Waals surface area contributed by atoms with Gasteiger partial charge in [0.15, 0.2) is 0 Å². The lowest BCUT2D eigenvalue weighted by atomic mass is 10.1. The highest BCUT2D eigenvalue weighted by atomic mass is 15.1. The first-order chi connectivity index (χ1) is 7.63. The molecule has 2 heteroatoms. The summed E-state index contributed by atoms with van der Waals surface area (Å²) in [6.07, 6.45) is 2.14. The highest BCUT2D eigenvalue weighted by Gasteiger charge is 2.43. The normalized spacial score (nSPS) is 17.1. The molecule has 1 aromatic carbocycles. The predicted octanol–water partition coefficient (Wildman–Crippen LogP) is 2.73. The van der Waals surface area contributed by atoms with Gasteiger partial charge in [0, 0.05) is 13.1 Å². The predicted molar refractivity (Wildman–Crippen MR) is 64.8 cm³/mol. The molecule has 1 aliphatic rings. The van der Waals surface area contributed by atoms with E-state index in [9.17, 15) is 0 Å². The highest BCUT2D eigenvalue weighted by Crippen LogP contribution is 2.45. The van der Waals surface area contributed by atoms with E-state index in [0.29, 0.717) is 0 Å². The Balaban J connectivity index is 1.93. The molecular formula is C14H18N2. The molecule has 84 valence electrons. The molecule has 1 aromatic rings. The fraction of sp³-hybridized carbons (Fsp3) is 0.500.